The van der Waals surface area contributed by atoms with Crippen LogP contribution in [-0.2, 0) is 14.3 Å². The van der Waals surface area contributed by atoms with Crippen LogP contribution in [-0.4, -0.2) is 75.4 Å². The highest BCUT2D eigenvalue weighted by atomic mass is 79.9. The number of Topliss-reactive ketones (excluding diaryl/α,β-unsaturated/α-hetero) is 1. The van der Waals surface area contributed by atoms with Crippen molar-refractivity contribution in [1.82, 2.24) is 19.2 Å². The van der Waals surface area contributed by atoms with Crippen molar-refractivity contribution in [3.05, 3.63) is 75.7 Å². The van der Waals surface area contributed by atoms with Crippen molar-refractivity contribution in [3.8, 4) is 0 Å². The summed E-state index contributed by atoms with van der Waals surface area (Å²) in [5.74, 6) is -1.51. The summed E-state index contributed by atoms with van der Waals surface area (Å²) >= 11 is 3.50. The lowest BCUT2D eigenvalue weighted by Crippen LogP contribution is -2.42. The molecule has 5 rings (SSSR count). The average Bonchev–Trinajstić information content (AvgIpc) is 3.31. The van der Waals surface area contributed by atoms with E-state index in [-0.39, 0.29) is 11.3 Å². The van der Waals surface area contributed by atoms with Crippen molar-refractivity contribution in [2.45, 2.75) is 13.0 Å². The van der Waals surface area contributed by atoms with Gasteiger partial charge in [-0.25, -0.2) is 4.98 Å². The molecule has 2 aliphatic heterocycles. The molecule has 1 aromatic carbocycles. The van der Waals surface area contributed by atoms with E-state index in [2.05, 4.69) is 25.8 Å². The number of morpholine rings is 1. The van der Waals surface area contributed by atoms with E-state index in [4.69, 9.17) is 4.74 Å². The van der Waals surface area contributed by atoms with Gasteiger partial charge in [-0.2, -0.15) is 0 Å². The number of pyridine rings is 1. The summed E-state index contributed by atoms with van der Waals surface area (Å²) < 4.78 is 7.99. The lowest BCUT2D eigenvalue weighted by Gasteiger charge is -2.31. The van der Waals surface area contributed by atoms with Crippen LogP contribution in [0.1, 0.15) is 23.0 Å². The Morgan fingerprint density at radius 3 is 2.71 bits per heavy atom. The van der Waals surface area contributed by atoms with Crippen LogP contribution in [0.4, 0.5) is 0 Å². The lowest BCUT2D eigenvalue weighted by molar-refractivity contribution is -0.140. The van der Waals surface area contributed by atoms with Gasteiger partial charge in [0, 0.05) is 36.8 Å². The minimum absolute atomic E-state index is 0.0823. The number of amides is 1. The average molecular weight is 525 g/mol. The maximum atomic E-state index is 13.3. The number of fused-ring (bicyclic) bond motifs is 1. The van der Waals surface area contributed by atoms with Crippen LogP contribution in [0.25, 0.3) is 11.4 Å². The Morgan fingerprint density at radius 1 is 1.15 bits per heavy atom. The Kier molecular flexibility index (Phi) is 6.24. The molecule has 0 saturated carbocycles. The molecule has 2 saturated heterocycles. The molecular weight excluding hydrogens is 500 g/mol. The maximum absolute atomic E-state index is 13.3. The van der Waals surface area contributed by atoms with E-state index in [0.29, 0.717) is 43.3 Å². The lowest BCUT2D eigenvalue weighted by atomic mass is 9.96. The van der Waals surface area contributed by atoms with E-state index in [1.807, 2.05) is 42.5 Å². The first-order valence-corrected chi connectivity index (χ1v) is 12.0. The van der Waals surface area contributed by atoms with Crippen LogP contribution in [0.5, 0.6) is 0 Å². The van der Waals surface area contributed by atoms with E-state index in [0.717, 1.165) is 23.1 Å². The van der Waals surface area contributed by atoms with Crippen LogP contribution in [0, 0.1) is 6.92 Å². The van der Waals surface area contributed by atoms with Crippen molar-refractivity contribution < 1.29 is 19.4 Å². The number of carbonyl (C=O) groups excluding carboxylic acids is 2. The number of hydrogen-bond donors (Lipinski definition) is 1. The number of aryl methyl sites for hydroxylation is 1. The van der Waals surface area contributed by atoms with Gasteiger partial charge in [0.2, 0.25) is 0 Å². The summed E-state index contributed by atoms with van der Waals surface area (Å²) in [7, 11) is 0. The molecule has 2 fully saturated rings. The molecule has 2 aliphatic rings. The highest BCUT2D eigenvalue weighted by Crippen LogP contribution is 2.40. The van der Waals surface area contributed by atoms with Crippen molar-refractivity contribution in [2.75, 3.05) is 39.4 Å². The number of ether oxygens (including phenoxy) is 1. The quantitative estimate of drug-likeness (QED) is 0.313. The second kappa shape index (κ2) is 9.32. The number of carbonyl (C=O) groups is 2. The number of aliphatic hydroxyl groups excluding tert-OH is 1. The van der Waals surface area contributed by atoms with Gasteiger partial charge in [0.1, 0.15) is 11.3 Å². The molecular formula is C25H25BrN4O4. The molecule has 176 valence electrons. The fraction of sp³-hybridized carbons (Fsp3) is 0.320. The number of rotatable bonds is 5. The zero-order valence-corrected chi connectivity index (χ0v) is 20.4. The normalized spacial score (nSPS) is 21.0. The van der Waals surface area contributed by atoms with Gasteiger partial charge in [-0.3, -0.25) is 18.9 Å². The summed E-state index contributed by atoms with van der Waals surface area (Å²) in [5.41, 5.74) is 2.49. The van der Waals surface area contributed by atoms with E-state index in [1.54, 1.807) is 22.4 Å². The molecule has 0 aliphatic carbocycles. The smallest absolute Gasteiger partial charge is 0.295 e. The van der Waals surface area contributed by atoms with Crippen molar-refractivity contribution in [3.63, 3.8) is 0 Å². The van der Waals surface area contributed by atoms with E-state index in [9.17, 15) is 14.7 Å². The van der Waals surface area contributed by atoms with E-state index in [1.165, 1.54) is 0 Å². The number of ketones is 1. The molecule has 0 radical (unpaired) electrons. The standard InChI is InChI=1S/C25H25BrN4O4/c1-16-21(29-8-3-2-7-19(29)27-16)23(31)20-22(17-5-4-6-18(26)15-17)30(25(33)24(20)32)10-9-28-11-13-34-14-12-28/h2-8,15,22,31H,9-14H2,1H3/t22-/m1/s1. The van der Waals surface area contributed by atoms with Crippen LogP contribution in [0.15, 0.2) is 58.7 Å². The summed E-state index contributed by atoms with van der Waals surface area (Å²) in [6, 6.07) is 12.3. The van der Waals surface area contributed by atoms with Gasteiger partial charge in [-0.1, -0.05) is 34.1 Å². The van der Waals surface area contributed by atoms with Crippen LogP contribution in [0.3, 0.4) is 0 Å². The topological polar surface area (TPSA) is 87.4 Å². The number of aliphatic hydroxyl groups is 1. The molecule has 4 heterocycles. The van der Waals surface area contributed by atoms with Gasteiger partial charge in [-0.05, 0) is 36.8 Å². The first-order chi connectivity index (χ1) is 16.5. The fourth-order valence-electron chi connectivity index (χ4n) is 4.73. The van der Waals surface area contributed by atoms with Crippen molar-refractivity contribution >= 4 is 39.0 Å². The summed E-state index contributed by atoms with van der Waals surface area (Å²) in [5, 5.41) is 11.5. The molecule has 34 heavy (non-hydrogen) atoms. The number of nitrogens with zero attached hydrogens (tertiary/aromatic N) is 4. The number of hydrogen-bond acceptors (Lipinski definition) is 6. The van der Waals surface area contributed by atoms with Crippen molar-refractivity contribution in [1.29, 1.82) is 0 Å². The monoisotopic (exact) mass is 524 g/mol. The maximum Gasteiger partial charge on any atom is 0.295 e. The molecule has 9 heteroatoms. The number of aromatic nitrogens is 2. The third kappa shape index (κ3) is 4.04. The molecule has 1 amide bonds. The fourth-order valence-corrected chi connectivity index (χ4v) is 5.15. The Balaban J connectivity index is 1.61. The SMILES string of the molecule is Cc1nc2ccccn2c1C(O)=C1C(=O)C(=O)N(CCN2CCOCC2)[C@@H]1c1cccc(Br)c1. The first kappa shape index (κ1) is 22.8. The second-order valence-corrected chi connectivity index (χ2v) is 9.39. The number of likely N-dealkylation sites (tertiary alicyclic amines) is 1. The van der Waals surface area contributed by atoms with Crippen LogP contribution >= 0.6 is 15.9 Å². The summed E-state index contributed by atoms with van der Waals surface area (Å²) in [6.07, 6.45) is 1.78. The van der Waals surface area contributed by atoms with Gasteiger partial charge in [0.25, 0.3) is 11.7 Å². The number of imidazole rings is 1. The van der Waals surface area contributed by atoms with Crippen molar-refractivity contribution in [2.24, 2.45) is 0 Å². The van der Waals surface area contributed by atoms with Gasteiger partial charge in [0.05, 0.1) is 30.5 Å². The predicted molar refractivity (Wildman–Crippen MR) is 130 cm³/mol. The van der Waals surface area contributed by atoms with E-state index < -0.39 is 17.7 Å². The minimum Gasteiger partial charge on any atom is -0.505 e. The molecule has 2 aromatic heterocycles. The van der Waals surface area contributed by atoms with Gasteiger partial charge < -0.3 is 14.7 Å². The Labute approximate surface area is 205 Å². The van der Waals surface area contributed by atoms with Gasteiger partial charge in [-0.15, -0.1) is 0 Å². The van der Waals surface area contributed by atoms with E-state index >= 15 is 0 Å². The number of benzene rings is 1. The second-order valence-electron chi connectivity index (χ2n) is 8.48. The summed E-state index contributed by atoms with van der Waals surface area (Å²) in [4.78, 5) is 34.9. The third-order valence-electron chi connectivity index (χ3n) is 6.39. The van der Waals surface area contributed by atoms with Gasteiger partial charge >= 0.3 is 0 Å². The Morgan fingerprint density at radius 2 is 1.94 bits per heavy atom. The molecule has 0 unspecified atom stereocenters. The zero-order chi connectivity index (χ0) is 23.8. The Bertz CT molecular complexity index is 1300. The molecule has 8 nitrogen and oxygen atoms in total. The number of halogens is 1. The molecule has 0 spiro atoms. The van der Waals surface area contributed by atoms with Gasteiger partial charge in [0.15, 0.2) is 5.76 Å². The highest BCUT2D eigenvalue weighted by Gasteiger charge is 2.46. The third-order valence-corrected chi connectivity index (χ3v) is 6.89. The predicted octanol–water partition coefficient (Wildman–Crippen LogP) is 3.16. The molecule has 0 bridgehead atoms. The molecule has 3 aromatic rings. The Hall–Kier alpha value is -3.01. The van der Waals surface area contributed by atoms with Crippen LogP contribution in [0.2, 0.25) is 0 Å². The van der Waals surface area contributed by atoms with Crippen LogP contribution < -0.4 is 0 Å². The molecule has 1 N–H and O–H groups in total. The minimum atomic E-state index is -0.702. The molecule has 1 atom stereocenters. The highest BCUT2D eigenvalue weighted by molar-refractivity contribution is 9.10. The summed E-state index contributed by atoms with van der Waals surface area (Å²) in [6.45, 7) is 5.65. The zero-order valence-electron chi connectivity index (χ0n) is 18.8. The largest absolute Gasteiger partial charge is 0.505 e. The first-order valence-electron chi connectivity index (χ1n) is 11.2.